The molecule has 0 aromatic carbocycles. The van der Waals surface area contributed by atoms with Crippen LogP contribution in [-0.2, 0) is 14.3 Å². The average Bonchev–Trinajstić information content (AvgIpc) is 3.52. The van der Waals surface area contributed by atoms with Crippen LogP contribution < -0.4 is 5.32 Å². The Hall–Kier alpha value is -1.14. The third kappa shape index (κ3) is 71.8. The number of hydrogen-bond donors (Lipinski definition) is 3. The number of esters is 1. The fourth-order valence-electron chi connectivity index (χ4n) is 13.1. The van der Waals surface area contributed by atoms with Crippen LogP contribution in [-0.4, -0.2) is 47.4 Å². The molecule has 0 aliphatic heterocycles. The first-order valence-electron chi connectivity index (χ1n) is 39.8. The summed E-state index contributed by atoms with van der Waals surface area (Å²) in [4.78, 5) is 24.7. The van der Waals surface area contributed by atoms with E-state index in [9.17, 15) is 19.8 Å². The van der Waals surface area contributed by atoms with E-state index in [2.05, 4.69) is 19.2 Å². The van der Waals surface area contributed by atoms with Gasteiger partial charge < -0.3 is 20.3 Å². The van der Waals surface area contributed by atoms with Crippen LogP contribution in [0.15, 0.2) is 0 Å². The molecule has 0 heterocycles. The molecule has 0 aromatic rings. The maximum atomic E-state index is 12.6. The summed E-state index contributed by atoms with van der Waals surface area (Å²) in [6.07, 6.45) is 93.4. The Bertz CT molecular complexity index is 1240. The number of unbranched alkanes of at least 4 members (excludes halogenated alkanes) is 65. The third-order valence-electron chi connectivity index (χ3n) is 19.2. The molecule has 0 saturated heterocycles. The van der Waals surface area contributed by atoms with Gasteiger partial charge in [-0.2, -0.15) is 0 Å². The molecule has 508 valence electrons. The van der Waals surface area contributed by atoms with Crippen molar-refractivity contribution >= 4 is 11.9 Å². The predicted molar refractivity (Wildman–Crippen MR) is 375 cm³/mol. The topological polar surface area (TPSA) is 95.9 Å². The lowest BCUT2D eigenvalue weighted by Crippen LogP contribution is -2.45. The number of hydrogen-bond acceptors (Lipinski definition) is 5. The molecule has 6 heteroatoms. The fourth-order valence-corrected chi connectivity index (χ4v) is 13.1. The largest absolute Gasteiger partial charge is 0.466 e. The van der Waals surface area contributed by atoms with Gasteiger partial charge in [-0.05, 0) is 25.7 Å². The quantitative estimate of drug-likeness (QED) is 0.0417. The Labute approximate surface area is 534 Å². The normalized spacial score (nSPS) is 12.4. The summed E-state index contributed by atoms with van der Waals surface area (Å²) in [7, 11) is 0. The second-order valence-corrected chi connectivity index (χ2v) is 27.8. The van der Waals surface area contributed by atoms with Crippen molar-refractivity contribution in [3.63, 3.8) is 0 Å². The minimum Gasteiger partial charge on any atom is -0.466 e. The maximum Gasteiger partial charge on any atom is 0.305 e. The fraction of sp³-hybridized carbons (Fsp3) is 0.975. The van der Waals surface area contributed by atoms with E-state index in [4.69, 9.17) is 4.74 Å². The van der Waals surface area contributed by atoms with Gasteiger partial charge in [0.2, 0.25) is 5.91 Å². The van der Waals surface area contributed by atoms with E-state index in [1.807, 2.05) is 0 Å². The van der Waals surface area contributed by atoms with E-state index < -0.39 is 12.1 Å². The van der Waals surface area contributed by atoms with E-state index in [0.29, 0.717) is 25.9 Å². The van der Waals surface area contributed by atoms with Crippen LogP contribution in [0, 0.1) is 0 Å². The minimum atomic E-state index is -0.662. The molecule has 0 aromatic heterocycles. The van der Waals surface area contributed by atoms with Gasteiger partial charge in [-0.15, -0.1) is 0 Å². The van der Waals surface area contributed by atoms with Gasteiger partial charge in [0.05, 0.1) is 25.4 Å². The molecule has 6 nitrogen and oxygen atoms in total. The van der Waals surface area contributed by atoms with Gasteiger partial charge in [0.15, 0.2) is 0 Å². The van der Waals surface area contributed by atoms with Gasteiger partial charge in [0, 0.05) is 12.8 Å². The van der Waals surface area contributed by atoms with Gasteiger partial charge in [0.25, 0.3) is 0 Å². The molecule has 3 N–H and O–H groups in total. The summed E-state index contributed by atoms with van der Waals surface area (Å²) < 4.78 is 5.51. The highest BCUT2D eigenvalue weighted by Gasteiger charge is 2.20. The third-order valence-corrected chi connectivity index (χ3v) is 19.2. The Morgan fingerprint density at radius 2 is 0.482 bits per heavy atom. The highest BCUT2D eigenvalue weighted by Crippen LogP contribution is 2.21. The van der Waals surface area contributed by atoms with Crippen LogP contribution in [0.1, 0.15) is 470 Å². The van der Waals surface area contributed by atoms with Crippen LogP contribution in [0.5, 0.6) is 0 Å². The van der Waals surface area contributed by atoms with Crippen molar-refractivity contribution in [3.8, 4) is 0 Å². The first kappa shape index (κ1) is 83.9. The zero-order chi connectivity index (χ0) is 61.3. The lowest BCUT2D eigenvalue weighted by molar-refractivity contribution is -0.143. The van der Waals surface area contributed by atoms with Crippen LogP contribution in [0.4, 0.5) is 0 Å². The summed E-state index contributed by atoms with van der Waals surface area (Å²) >= 11 is 0. The molecule has 0 bridgehead atoms. The molecule has 1 amide bonds. The molecule has 0 radical (unpaired) electrons. The van der Waals surface area contributed by atoms with Crippen LogP contribution in [0.3, 0.4) is 0 Å². The van der Waals surface area contributed by atoms with E-state index in [1.54, 1.807) is 0 Å². The van der Waals surface area contributed by atoms with Crippen molar-refractivity contribution in [2.45, 2.75) is 482 Å². The monoisotopic (exact) mass is 1200 g/mol. The van der Waals surface area contributed by atoms with E-state index in [-0.39, 0.29) is 18.5 Å². The zero-order valence-electron chi connectivity index (χ0n) is 58.4. The first-order valence-corrected chi connectivity index (χ1v) is 39.8. The molecule has 0 saturated carbocycles. The van der Waals surface area contributed by atoms with Gasteiger partial charge in [-0.25, -0.2) is 0 Å². The van der Waals surface area contributed by atoms with Crippen molar-refractivity contribution in [3.05, 3.63) is 0 Å². The number of ether oxygens (including phenoxy) is 1. The van der Waals surface area contributed by atoms with Gasteiger partial charge >= 0.3 is 5.97 Å². The average molecular weight is 1200 g/mol. The van der Waals surface area contributed by atoms with E-state index >= 15 is 0 Å². The summed E-state index contributed by atoms with van der Waals surface area (Å²) in [5.41, 5.74) is 0. The maximum absolute atomic E-state index is 12.6. The van der Waals surface area contributed by atoms with Crippen LogP contribution in [0.25, 0.3) is 0 Å². The zero-order valence-corrected chi connectivity index (χ0v) is 58.4. The first-order chi connectivity index (χ1) is 42.0. The molecule has 2 unspecified atom stereocenters. The number of nitrogens with one attached hydrogen (secondary N) is 1. The molecule has 0 rings (SSSR count). The molecule has 0 fully saturated rings. The second kappa shape index (κ2) is 75.3. The molecule has 0 aliphatic carbocycles. The summed E-state index contributed by atoms with van der Waals surface area (Å²) in [6, 6.07) is -0.539. The number of amides is 1. The van der Waals surface area contributed by atoms with Crippen LogP contribution in [0.2, 0.25) is 0 Å². The van der Waals surface area contributed by atoms with Gasteiger partial charge in [-0.3, -0.25) is 9.59 Å². The lowest BCUT2D eigenvalue weighted by atomic mass is 10.0. The predicted octanol–water partition coefficient (Wildman–Crippen LogP) is 26.1. The van der Waals surface area contributed by atoms with Crippen LogP contribution >= 0.6 is 0 Å². The van der Waals surface area contributed by atoms with Crippen molar-refractivity contribution in [2.24, 2.45) is 0 Å². The van der Waals surface area contributed by atoms with Crippen molar-refractivity contribution in [1.29, 1.82) is 0 Å². The smallest absolute Gasteiger partial charge is 0.305 e. The second-order valence-electron chi connectivity index (χ2n) is 27.8. The van der Waals surface area contributed by atoms with Crippen molar-refractivity contribution < 1.29 is 24.5 Å². The Morgan fingerprint density at radius 3 is 0.718 bits per heavy atom. The minimum absolute atomic E-state index is 0.0246. The number of rotatable bonds is 76. The Kier molecular flexibility index (Phi) is 74.3. The van der Waals surface area contributed by atoms with E-state index in [0.717, 1.165) is 38.5 Å². The van der Waals surface area contributed by atoms with Gasteiger partial charge in [0.1, 0.15) is 0 Å². The molecule has 0 aliphatic rings. The molecule has 85 heavy (non-hydrogen) atoms. The summed E-state index contributed by atoms with van der Waals surface area (Å²) in [5, 5.41) is 23.5. The Morgan fingerprint density at radius 1 is 0.282 bits per heavy atom. The highest BCUT2D eigenvalue weighted by atomic mass is 16.5. The lowest BCUT2D eigenvalue weighted by Gasteiger charge is -2.22. The number of carbonyl (C=O) groups excluding carboxylic acids is 2. The van der Waals surface area contributed by atoms with Crippen molar-refractivity contribution in [1.82, 2.24) is 5.32 Å². The number of aliphatic hydroxyl groups is 2. The number of aliphatic hydroxyl groups excluding tert-OH is 2. The molecule has 0 spiro atoms. The number of carbonyl (C=O) groups is 2. The summed E-state index contributed by atoms with van der Waals surface area (Å²) in [6.45, 7) is 5.02. The SMILES string of the molecule is CCCCCCCCCCCCCCCCCCCCCCCCCC(O)C(CO)NC(=O)CCCCCCCCCCCCCCCCCCCCCCCCCCCCCCCCOC(=O)CCCCCCCCCCCCCCCCC. The molecular formula is C79H157NO5. The summed E-state index contributed by atoms with van der Waals surface area (Å²) in [5.74, 6) is 0.0000545. The highest BCUT2D eigenvalue weighted by molar-refractivity contribution is 5.76. The van der Waals surface area contributed by atoms with E-state index in [1.165, 1.54) is 398 Å². The standard InChI is InChI=1S/C79H157NO5/c1-3-5-7-9-11-13-15-17-19-20-21-22-31-34-37-40-44-47-51-55-59-63-67-71-77(82)76(75-81)80-78(83)72-68-64-60-56-52-48-45-41-38-35-32-29-27-25-23-24-26-28-30-33-36-39-42-46-50-54-58-62-66-70-74-85-79(84)73-69-65-61-57-53-49-43-18-16-14-12-10-8-6-4-2/h76-77,81-82H,3-75H2,1-2H3,(H,80,83). The molecular weight excluding hydrogens is 1040 g/mol. The molecule has 2 atom stereocenters. The Balaban J connectivity index is 3.32. The van der Waals surface area contributed by atoms with Gasteiger partial charge in [-0.1, -0.05) is 431 Å². The van der Waals surface area contributed by atoms with Crippen molar-refractivity contribution in [2.75, 3.05) is 13.2 Å².